The average Bonchev–Trinajstić information content (AvgIpc) is 2.78. The summed E-state index contributed by atoms with van der Waals surface area (Å²) in [4.78, 5) is 15.3. The van der Waals surface area contributed by atoms with E-state index in [2.05, 4.69) is 39.1 Å². The third kappa shape index (κ3) is 2.66. The summed E-state index contributed by atoms with van der Waals surface area (Å²) in [6.07, 6.45) is 3.89. The molecule has 0 bridgehead atoms. The van der Waals surface area contributed by atoms with Gasteiger partial charge < -0.3 is 10.3 Å². The number of imidazole rings is 1. The zero-order valence-electron chi connectivity index (χ0n) is 10.00. The van der Waals surface area contributed by atoms with Crippen LogP contribution in [0, 0.1) is 5.92 Å². The Morgan fingerprint density at radius 1 is 1.35 bits per heavy atom. The highest BCUT2D eigenvalue weighted by Crippen LogP contribution is 2.19. The second kappa shape index (κ2) is 5.31. The number of H-pyrrole nitrogens is 1. The first-order valence-electron chi connectivity index (χ1n) is 5.85. The van der Waals surface area contributed by atoms with Crippen molar-refractivity contribution in [1.82, 2.24) is 19.9 Å². The van der Waals surface area contributed by atoms with E-state index in [9.17, 15) is 0 Å². The second-order valence-electron chi connectivity index (χ2n) is 4.01. The van der Waals surface area contributed by atoms with Gasteiger partial charge >= 0.3 is 0 Å². The number of nitrogens with zero attached hydrogens (tertiary/aromatic N) is 3. The fourth-order valence-electron chi connectivity index (χ4n) is 1.75. The molecule has 0 aliphatic heterocycles. The van der Waals surface area contributed by atoms with Gasteiger partial charge in [-0.05, 0) is 17.5 Å². The van der Waals surface area contributed by atoms with E-state index >= 15 is 0 Å². The maximum Gasteiger partial charge on any atom is 0.226 e. The molecule has 0 saturated carbocycles. The van der Waals surface area contributed by atoms with Gasteiger partial charge in [0.2, 0.25) is 5.28 Å². The Balaban J connectivity index is 2.20. The number of anilines is 1. The van der Waals surface area contributed by atoms with Gasteiger partial charge in [-0.25, -0.2) is 4.98 Å². The zero-order valence-corrected chi connectivity index (χ0v) is 10.8. The number of aromatic nitrogens is 4. The van der Waals surface area contributed by atoms with E-state index in [0.717, 1.165) is 30.7 Å². The summed E-state index contributed by atoms with van der Waals surface area (Å²) < 4.78 is 0. The minimum atomic E-state index is 0.219. The molecule has 0 amide bonds. The molecular weight excluding hydrogens is 238 g/mol. The summed E-state index contributed by atoms with van der Waals surface area (Å²) in [5.41, 5.74) is 1.40. The molecule has 2 rings (SSSR count). The molecular formula is C11H16ClN5. The lowest BCUT2D eigenvalue weighted by atomic mass is 10.0. The molecule has 17 heavy (non-hydrogen) atoms. The molecule has 0 radical (unpaired) electrons. The minimum absolute atomic E-state index is 0.219. The lowest BCUT2D eigenvalue weighted by molar-refractivity contribution is 0.518. The smallest absolute Gasteiger partial charge is 0.226 e. The number of hydrogen-bond donors (Lipinski definition) is 2. The molecule has 0 saturated heterocycles. The first-order valence-corrected chi connectivity index (χ1v) is 6.22. The third-order valence-electron chi connectivity index (χ3n) is 2.97. The molecule has 2 heterocycles. The molecule has 0 unspecified atom stereocenters. The number of nitrogens with one attached hydrogen (secondary N) is 2. The van der Waals surface area contributed by atoms with Gasteiger partial charge in [0.1, 0.15) is 5.52 Å². The Morgan fingerprint density at radius 2 is 2.12 bits per heavy atom. The number of halogens is 1. The molecule has 92 valence electrons. The Bertz CT molecular complexity index is 492. The van der Waals surface area contributed by atoms with Crippen LogP contribution in [-0.2, 0) is 0 Å². The Kier molecular flexibility index (Phi) is 3.78. The van der Waals surface area contributed by atoms with Crippen molar-refractivity contribution in [3.8, 4) is 0 Å². The Hall–Kier alpha value is -1.36. The highest BCUT2D eigenvalue weighted by atomic mass is 35.5. The van der Waals surface area contributed by atoms with E-state index in [1.54, 1.807) is 6.33 Å². The molecule has 0 aliphatic rings. The lowest BCUT2D eigenvalue weighted by Gasteiger charge is -2.13. The highest BCUT2D eigenvalue weighted by Gasteiger charge is 2.10. The van der Waals surface area contributed by atoms with Crippen molar-refractivity contribution in [2.24, 2.45) is 5.92 Å². The van der Waals surface area contributed by atoms with Crippen molar-refractivity contribution in [3.05, 3.63) is 11.6 Å². The van der Waals surface area contributed by atoms with Crippen LogP contribution in [0.2, 0.25) is 5.28 Å². The molecule has 2 aromatic heterocycles. The van der Waals surface area contributed by atoms with Crippen molar-refractivity contribution >= 4 is 28.6 Å². The van der Waals surface area contributed by atoms with Crippen LogP contribution in [-0.4, -0.2) is 26.5 Å². The number of hydrogen-bond acceptors (Lipinski definition) is 4. The monoisotopic (exact) mass is 253 g/mol. The van der Waals surface area contributed by atoms with E-state index in [4.69, 9.17) is 11.6 Å². The molecule has 2 N–H and O–H groups in total. The summed E-state index contributed by atoms with van der Waals surface area (Å²) in [7, 11) is 0. The molecule has 5 nitrogen and oxygen atoms in total. The van der Waals surface area contributed by atoms with Gasteiger partial charge in [-0.3, -0.25) is 0 Å². The van der Waals surface area contributed by atoms with Crippen LogP contribution in [0.1, 0.15) is 26.7 Å². The first-order chi connectivity index (χ1) is 8.24. The summed E-state index contributed by atoms with van der Waals surface area (Å²) in [6, 6.07) is 0. The van der Waals surface area contributed by atoms with E-state index < -0.39 is 0 Å². The van der Waals surface area contributed by atoms with Crippen molar-refractivity contribution in [2.45, 2.75) is 26.7 Å². The van der Waals surface area contributed by atoms with Crippen LogP contribution < -0.4 is 5.32 Å². The van der Waals surface area contributed by atoms with Crippen LogP contribution in [0.3, 0.4) is 0 Å². The Morgan fingerprint density at radius 3 is 2.82 bits per heavy atom. The van der Waals surface area contributed by atoms with E-state index in [1.807, 2.05) is 0 Å². The fourth-order valence-corrected chi connectivity index (χ4v) is 1.92. The van der Waals surface area contributed by atoms with Gasteiger partial charge in [0.05, 0.1) is 6.33 Å². The van der Waals surface area contributed by atoms with Crippen molar-refractivity contribution in [3.63, 3.8) is 0 Å². The van der Waals surface area contributed by atoms with Crippen molar-refractivity contribution < 1.29 is 0 Å². The standard InChI is InChI=1S/C11H16ClN5/c1-3-7(4-2)5-13-9-8-10(15-6-14-8)17-11(12)16-9/h6-7H,3-5H2,1-2H3,(H2,13,14,15,16,17). The van der Waals surface area contributed by atoms with Gasteiger partial charge in [0.15, 0.2) is 11.5 Å². The number of rotatable bonds is 5. The summed E-state index contributed by atoms with van der Waals surface area (Å²) in [5, 5.41) is 3.53. The molecule has 0 spiro atoms. The quantitative estimate of drug-likeness (QED) is 0.804. The topological polar surface area (TPSA) is 66.5 Å². The fraction of sp³-hybridized carbons (Fsp3) is 0.545. The van der Waals surface area contributed by atoms with Gasteiger partial charge in [-0.15, -0.1) is 0 Å². The largest absolute Gasteiger partial charge is 0.368 e. The van der Waals surface area contributed by atoms with Gasteiger partial charge in [-0.2, -0.15) is 9.97 Å². The maximum absolute atomic E-state index is 5.85. The minimum Gasteiger partial charge on any atom is -0.368 e. The normalized spacial score (nSPS) is 11.3. The van der Waals surface area contributed by atoms with Crippen LogP contribution >= 0.6 is 11.6 Å². The third-order valence-corrected chi connectivity index (χ3v) is 3.14. The Labute approximate surface area is 105 Å². The van der Waals surface area contributed by atoms with Crippen molar-refractivity contribution in [2.75, 3.05) is 11.9 Å². The van der Waals surface area contributed by atoms with E-state index in [1.165, 1.54) is 0 Å². The molecule has 0 aromatic carbocycles. The van der Waals surface area contributed by atoms with Crippen LogP contribution in [0.4, 0.5) is 5.82 Å². The zero-order chi connectivity index (χ0) is 12.3. The van der Waals surface area contributed by atoms with Crippen LogP contribution in [0.5, 0.6) is 0 Å². The number of aromatic amines is 1. The molecule has 0 aliphatic carbocycles. The van der Waals surface area contributed by atoms with Crippen LogP contribution in [0.15, 0.2) is 6.33 Å². The predicted octanol–water partition coefficient (Wildman–Crippen LogP) is 2.85. The highest BCUT2D eigenvalue weighted by molar-refractivity contribution is 6.28. The molecule has 0 atom stereocenters. The van der Waals surface area contributed by atoms with E-state index in [-0.39, 0.29) is 5.28 Å². The molecule has 6 heteroatoms. The number of fused-ring (bicyclic) bond motifs is 1. The first kappa shape index (κ1) is 12.1. The summed E-state index contributed by atoms with van der Waals surface area (Å²) in [6.45, 7) is 5.26. The summed E-state index contributed by atoms with van der Waals surface area (Å²) >= 11 is 5.85. The van der Waals surface area contributed by atoms with E-state index in [0.29, 0.717) is 11.6 Å². The maximum atomic E-state index is 5.85. The van der Waals surface area contributed by atoms with Gasteiger partial charge in [0, 0.05) is 6.54 Å². The van der Waals surface area contributed by atoms with Gasteiger partial charge in [-0.1, -0.05) is 26.7 Å². The SMILES string of the molecule is CCC(CC)CNc1nc(Cl)nc2nc[nH]c12. The van der Waals surface area contributed by atoms with Gasteiger partial charge in [0.25, 0.3) is 0 Å². The van der Waals surface area contributed by atoms with Crippen molar-refractivity contribution in [1.29, 1.82) is 0 Å². The molecule has 2 aromatic rings. The lowest BCUT2D eigenvalue weighted by Crippen LogP contribution is -2.14. The second-order valence-corrected chi connectivity index (χ2v) is 4.34. The van der Waals surface area contributed by atoms with Crippen LogP contribution in [0.25, 0.3) is 11.2 Å². The average molecular weight is 254 g/mol. The summed E-state index contributed by atoms with van der Waals surface area (Å²) in [5.74, 6) is 1.37. The predicted molar refractivity (Wildman–Crippen MR) is 69.3 cm³/mol. The molecule has 0 fully saturated rings.